The first-order valence-corrected chi connectivity index (χ1v) is 12.6. The number of carbonyl (C=O) groups is 4. The number of hydrogen-bond acceptors (Lipinski definition) is 5. The van der Waals surface area contributed by atoms with Gasteiger partial charge in [-0.15, -0.1) is 0 Å². The number of halogens is 2. The Morgan fingerprint density at radius 1 is 0.939 bits per heavy atom. The predicted molar refractivity (Wildman–Crippen MR) is 129 cm³/mol. The molecule has 5 rings (SSSR count). The largest absolute Gasteiger partial charge is 0.454 e. The summed E-state index contributed by atoms with van der Waals surface area (Å²) in [7, 11) is 0. The molecule has 170 valence electrons. The van der Waals surface area contributed by atoms with E-state index in [1.54, 1.807) is 30.3 Å². The van der Waals surface area contributed by atoms with Crippen molar-refractivity contribution in [2.45, 2.75) is 23.0 Å². The molecule has 1 aliphatic heterocycles. The van der Waals surface area contributed by atoms with Gasteiger partial charge in [0.05, 0.1) is 23.1 Å². The van der Waals surface area contributed by atoms with E-state index < -0.39 is 12.6 Å². The highest BCUT2D eigenvalue weighted by atomic mass is 79.9. The second kappa shape index (κ2) is 8.47. The third-order valence-corrected chi connectivity index (χ3v) is 10.3. The summed E-state index contributed by atoms with van der Waals surface area (Å²) in [6.45, 7) is 1.49. The van der Waals surface area contributed by atoms with Gasteiger partial charge in [0.15, 0.2) is 12.4 Å². The van der Waals surface area contributed by atoms with Crippen LogP contribution in [0.4, 0.5) is 5.69 Å². The van der Waals surface area contributed by atoms with Crippen LogP contribution in [0.1, 0.15) is 32.7 Å². The fourth-order valence-corrected chi connectivity index (χ4v) is 7.33. The molecule has 2 aromatic rings. The van der Waals surface area contributed by atoms with Crippen LogP contribution in [0.25, 0.3) is 0 Å². The average Bonchev–Trinajstić information content (AvgIpc) is 3.42. The van der Waals surface area contributed by atoms with Gasteiger partial charge in [-0.1, -0.05) is 73.8 Å². The normalized spacial score (nSPS) is 30.0. The Labute approximate surface area is 207 Å². The van der Waals surface area contributed by atoms with Gasteiger partial charge in [-0.25, -0.2) is 9.69 Å². The Morgan fingerprint density at radius 2 is 1.52 bits per heavy atom. The van der Waals surface area contributed by atoms with Gasteiger partial charge in [0, 0.05) is 15.2 Å². The topological polar surface area (TPSA) is 80.8 Å². The van der Waals surface area contributed by atoms with E-state index >= 15 is 0 Å². The van der Waals surface area contributed by atoms with Crippen molar-refractivity contribution in [2.75, 3.05) is 11.5 Å². The standard InChI is InChI=1S/C25H21Br2NO5/c1-12-6-8-13(9-7-12)18(29)11-33-25(32)14-4-2-3-5-17(14)28-23(30)19-15-10-16(20(19)24(28)31)22(27)21(15)26/h2-9,15-16,19-22H,10-11H2,1H3/t15-,16-,19-,20+,21+,22+/m1/s1. The van der Waals surface area contributed by atoms with Gasteiger partial charge in [0.25, 0.3) is 0 Å². The fourth-order valence-electron chi connectivity index (χ4n) is 5.46. The molecule has 0 radical (unpaired) electrons. The number of esters is 1. The summed E-state index contributed by atoms with van der Waals surface area (Å²) in [5.41, 5.74) is 1.77. The first kappa shape index (κ1) is 22.5. The molecule has 1 saturated heterocycles. The maximum atomic E-state index is 13.4. The number of amides is 2. The highest BCUT2D eigenvalue weighted by Crippen LogP contribution is 2.60. The van der Waals surface area contributed by atoms with Gasteiger partial charge in [0.2, 0.25) is 11.8 Å². The molecule has 0 spiro atoms. The first-order valence-electron chi connectivity index (χ1n) is 10.8. The van der Waals surface area contributed by atoms with Crippen LogP contribution < -0.4 is 4.90 Å². The van der Waals surface area contributed by atoms with E-state index in [-0.39, 0.29) is 62.2 Å². The number of anilines is 1. The molecule has 2 bridgehead atoms. The third kappa shape index (κ3) is 3.58. The zero-order valence-corrected chi connectivity index (χ0v) is 20.9. The predicted octanol–water partition coefficient (Wildman–Crippen LogP) is 4.32. The van der Waals surface area contributed by atoms with Crippen LogP contribution in [-0.4, -0.2) is 39.8 Å². The van der Waals surface area contributed by atoms with Gasteiger partial charge >= 0.3 is 5.97 Å². The lowest BCUT2D eigenvalue weighted by molar-refractivity contribution is -0.123. The Hall–Kier alpha value is -2.32. The summed E-state index contributed by atoms with van der Waals surface area (Å²) in [6, 6.07) is 13.4. The van der Waals surface area contributed by atoms with E-state index in [2.05, 4.69) is 31.9 Å². The van der Waals surface area contributed by atoms with E-state index in [9.17, 15) is 19.2 Å². The molecule has 0 N–H and O–H groups in total. The summed E-state index contributed by atoms with van der Waals surface area (Å²) >= 11 is 7.36. The molecule has 2 aromatic carbocycles. The van der Waals surface area contributed by atoms with Gasteiger partial charge in [-0.3, -0.25) is 14.4 Å². The Morgan fingerprint density at radius 3 is 2.12 bits per heavy atom. The van der Waals surface area contributed by atoms with E-state index in [4.69, 9.17) is 4.74 Å². The lowest BCUT2D eigenvalue weighted by atomic mass is 9.81. The minimum absolute atomic E-state index is 0.0806. The number of carbonyl (C=O) groups excluding carboxylic acids is 4. The Kier molecular flexibility index (Phi) is 5.77. The van der Waals surface area contributed by atoms with E-state index in [0.29, 0.717) is 5.56 Å². The van der Waals surface area contributed by atoms with Crippen molar-refractivity contribution in [1.29, 1.82) is 0 Å². The summed E-state index contributed by atoms with van der Waals surface area (Å²) < 4.78 is 5.28. The van der Waals surface area contributed by atoms with Crippen LogP contribution in [-0.2, 0) is 14.3 Å². The van der Waals surface area contributed by atoms with Crippen LogP contribution in [0, 0.1) is 30.6 Å². The number of fused-ring (bicyclic) bond motifs is 5. The zero-order chi connectivity index (χ0) is 23.4. The molecular formula is C25H21Br2NO5. The highest BCUT2D eigenvalue weighted by molar-refractivity contribution is 9.12. The molecule has 2 amide bonds. The maximum Gasteiger partial charge on any atom is 0.340 e. The lowest BCUT2D eigenvalue weighted by Crippen LogP contribution is -2.37. The number of nitrogens with zero attached hydrogens (tertiary/aromatic N) is 1. The number of benzene rings is 2. The minimum Gasteiger partial charge on any atom is -0.454 e. The van der Waals surface area contributed by atoms with Crippen LogP contribution in [0.15, 0.2) is 48.5 Å². The minimum atomic E-state index is -0.747. The van der Waals surface area contributed by atoms with Crippen LogP contribution in [0.2, 0.25) is 0 Å². The van der Waals surface area contributed by atoms with Crippen molar-refractivity contribution in [3.05, 3.63) is 65.2 Å². The zero-order valence-electron chi connectivity index (χ0n) is 17.7. The van der Waals surface area contributed by atoms with Gasteiger partial charge in [-0.2, -0.15) is 0 Å². The van der Waals surface area contributed by atoms with Crippen LogP contribution in [0.5, 0.6) is 0 Å². The fraction of sp³-hybridized carbons (Fsp3) is 0.360. The van der Waals surface area contributed by atoms with E-state index in [0.717, 1.165) is 16.9 Å². The summed E-state index contributed by atoms with van der Waals surface area (Å²) in [6.07, 6.45) is 0.831. The van der Waals surface area contributed by atoms with Crippen molar-refractivity contribution in [1.82, 2.24) is 0 Å². The Balaban J connectivity index is 1.37. The monoisotopic (exact) mass is 573 g/mol. The number of ketones is 1. The molecule has 1 heterocycles. The molecule has 0 aromatic heterocycles. The number of aryl methyl sites for hydroxylation is 1. The molecule has 6 nitrogen and oxygen atoms in total. The summed E-state index contributed by atoms with van der Waals surface area (Å²) in [5, 5.41) is 0. The third-order valence-electron chi connectivity index (χ3n) is 7.06. The SMILES string of the molecule is Cc1ccc(C(=O)COC(=O)c2ccccc2N2C(=O)[C@@H]3[C@H]4C[C@@H]([C@H](Br)[C@H]4Br)[C@@H]3C2=O)cc1. The summed E-state index contributed by atoms with van der Waals surface area (Å²) in [4.78, 5) is 53.4. The maximum absolute atomic E-state index is 13.4. The molecule has 3 aliphatic rings. The number of para-hydroxylation sites is 1. The molecule has 2 aliphatic carbocycles. The van der Waals surface area contributed by atoms with E-state index in [1.165, 1.54) is 6.07 Å². The molecule has 8 heteroatoms. The number of alkyl halides is 2. The smallest absolute Gasteiger partial charge is 0.340 e. The molecule has 6 atom stereocenters. The second-order valence-corrected chi connectivity index (χ2v) is 11.0. The average molecular weight is 575 g/mol. The Bertz CT molecular complexity index is 1130. The quantitative estimate of drug-likeness (QED) is 0.230. The first-order chi connectivity index (χ1) is 15.8. The number of imide groups is 1. The molecule has 33 heavy (non-hydrogen) atoms. The van der Waals surface area contributed by atoms with Crippen LogP contribution >= 0.6 is 31.9 Å². The van der Waals surface area contributed by atoms with Gasteiger partial charge < -0.3 is 4.74 Å². The number of ether oxygens (including phenoxy) is 1. The van der Waals surface area contributed by atoms with Crippen LogP contribution in [0.3, 0.4) is 0 Å². The summed E-state index contributed by atoms with van der Waals surface area (Å²) in [5.74, 6) is -2.21. The highest BCUT2D eigenvalue weighted by Gasteiger charge is 2.66. The molecular weight excluding hydrogens is 554 g/mol. The van der Waals surface area contributed by atoms with Gasteiger partial charge in [-0.05, 0) is 37.3 Å². The van der Waals surface area contributed by atoms with Crippen molar-refractivity contribution in [3.8, 4) is 0 Å². The van der Waals surface area contributed by atoms with Crippen molar-refractivity contribution < 1.29 is 23.9 Å². The molecule has 2 saturated carbocycles. The number of Topliss-reactive ketones (excluding diaryl/α,β-unsaturated/α-hetero) is 1. The lowest BCUT2D eigenvalue weighted by Gasteiger charge is -2.28. The van der Waals surface area contributed by atoms with Crippen molar-refractivity contribution >= 4 is 61.1 Å². The number of rotatable bonds is 5. The van der Waals surface area contributed by atoms with E-state index in [1.807, 2.05) is 19.1 Å². The number of hydrogen-bond donors (Lipinski definition) is 0. The van der Waals surface area contributed by atoms with Gasteiger partial charge in [0.1, 0.15) is 0 Å². The van der Waals surface area contributed by atoms with Crippen molar-refractivity contribution in [2.24, 2.45) is 23.7 Å². The molecule has 0 unspecified atom stereocenters. The molecule has 3 fully saturated rings. The van der Waals surface area contributed by atoms with Crippen molar-refractivity contribution in [3.63, 3.8) is 0 Å². The second-order valence-electron chi connectivity index (χ2n) is 8.90.